The average Bonchev–Trinajstić information content (AvgIpc) is 2.52. The summed E-state index contributed by atoms with van der Waals surface area (Å²) in [6, 6.07) is 7.10. The Morgan fingerprint density at radius 3 is 2.75 bits per heavy atom. The first kappa shape index (κ1) is 15.7. The monoisotopic (exact) mass is 292 g/mol. The summed E-state index contributed by atoms with van der Waals surface area (Å²) in [6.07, 6.45) is 2.22. The van der Waals surface area contributed by atoms with Gasteiger partial charge in [0.25, 0.3) is 0 Å². The topological polar surface area (TPSA) is 29.3 Å². The lowest BCUT2D eigenvalue weighted by atomic mass is 10.0. The van der Waals surface area contributed by atoms with Gasteiger partial charge in [0.05, 0.1) is 0 Å². The maximum atomic E-state index is 5.91. The second-order valence-corrected chi connectivity index (χ2v) is 8.44. The van der Waals surface area contributed by atoms with Gasteiger partial charge in [-0.2, -0.15) is 11.8 Å². The van der Waals surface area contributed by atoms with Crippen molar-refractivity contribution in [2.45, 2.75) is 51.3 Å². The number of anilines is 1. The minimum absolute atomic E-state index is 0.231. The van der Waals surface area contributed by atoms with Crippen molar-refractivity contribution in [1.82, 2.24) is 0 Å². The van der Waals surface area contributed by atoms with Crippen LogP contribution >= 0.6 is 11.8 Å². The second kappa shape index (κ2) is 6.40. The van der Waals surface area contributed by atoms with Crippen molar-refractivity contribution in [2.75, 3.05) is 23.7 Å². The zero-order valence-corrected chi connectivity index (χ0v) is 14.1. The van der Waals surface area contributed by atoms with E-state index in [9.17, 15) is 0 Å². The van der Waals surface area contributed by atoms with Crippen LogP contribution in [0.25, 0.3) is 0 Å². The molecule has 0 spiro atoms. The molecular formula is C17H28N2S. The van der Waals surface area contributed by atoms with E-state index in [2.05, 4.69) is 62.6 Å². The molecule has 1 fully saturated rings. The Morgan fingerprint density at radius 2 is 2.10 bits per heavy atom. The third-order valence-corrected chi connectivity index (χ3v) is 5.44. The van der Waals surface area contributed by atoms with Crippen molar-refractivity contribution < 1.29 is 0 Å². The number of hydrogen-bond acceptors (Lipinski definition) is 3. The Hall–Kier alpha value is -0.670. The van der Waals surface area contributed by atoms with Gasteiger partial charge in [-0.15, -0.1) is 0 Å². The smallest absolute Gasteiger partial charge is 0.0369 e. The van der Waals surface area contributed by atoms with Crippen molar-refractivity contribution in [3.05, 3.63) is 29.3 Å². The van der Waals surface area contributed by atoms with Crippen molar-refractivity contribution in [1.29, 1.82) is 0 Å². The Kier molecular flexibility index (Phi) is 5.03. The fourth-order valence-electron chi connectivity index (χ4n) is 2.73. The molecule has 1 saturated heterocycles. The Balaban J connectivity index is 2.11. The lowest BCUT2D eigenvalue weighted by Gasteiger charge is -2.25. The normalized spacial score (nSPS) is 20.6. The molecule has 1 aromatic carbocycles. The molecule has 0 saturated carbocycles. The van der Waals surface area contributed by atoms with Crippen LogP contribution < -0.4 is 10.6 Å². The van der Waals surface area contributed by atoms with E-state index in [-0.39, 0.29) is 6.04 Å². The number of rotatable bonds is 3. The fraction of sp³-hybridized carbons (Fsp3) is 0.647. The molecule has 1 heterocycles. The fourth-order valence-corrected chi connectivity index (χ4v) is 3.83. The third-order valence-electron chi connectivity index (χ3n) is 4.07. The van der Waals surface area contributed by atoms with E-state index >= 15 is 0 Å². The largest absolute Gasteiger partial charge is 0.371 e. The van der Waals surface area contributed by atoms with Gasteiger partial charge >= 0.3 is 0 Å². The number of nitrogens with two attached hydrogens (primary N) is 1. The molecule has 0 bridgehead atoms. The van der Waals surface area contributed by atoms with Crippen LogP contribution in [-0.2, 0) is 6.42 Å². The molecule has 2 nitrogen and oxygen atoms in total. The Bertz CT molecular complexity index is 454. The highest BCUT2D eigenvalue weighted by Crippen LogP contribution is 2.32. The van der Waals surface area contributed by atoms with Gasteiger partial charge in [0.15, 0.2) is 0 Å². The minimum Gasteiger partial charge on any atom is -0.371 e. The van der Waals surface area contributed by atoms with Crippen LogP contribution in [0.2, 0.25) is 0 Å². The Morgan fingerprint density at radius 1 is 1.35 bits per heavy atom. The SMILES string of the molecule is Cc1cc(N2CCSC(C)(C)CC2)ccc1CC(C)N. The van der Waals surface area contributed by atoms with Gasteiger partial charge in [0.2, 0.25) is 0 Å². The minimum atomic E-state index is 0.231. The van der Waals surface area contributed by atoms with Gasteiger partial charge in [-0.3, -0.25) is 0 Å². The lowest BCUT2D eigenvalue weighted by Crippen LogP contribution is -2.27. The summed E-state index contributed by atoms with van der Waals surface area (Å²) in [4.78, 5) is 2.53. The van der Waals surface area contributed by atoms with Crippen molar-refractivity contribution >= 4 is 17.4 Å². The number of hydrogen-bond donors (Lipinski definition) is 1. The van der Waals surface area contributed by atoms with Crippen LogP contribution in [0.15, 0.2) is 18.2 Å². The van der Waals surface area contributed by atoms with Crippen LogP contribution in [0.4, 0.5) is 5.69 Å². The summed E-state index contributed by atoms with van der Waals surface area (Å²) in [6.45, 7) is 11.3. The molecule has 2 rings (SSSR count). The number of thioether (sulfide) groups is 1. The molecule has 112 valence electrons. The van der Waals surface area contributed by atoms with E-state index in [0.29, 0.717) is 4.75 Å². The number of benzene rings is 1. The summed E-state index contributed by atoms with van der Waals surface area (Å²) in [5.74, 6) is 1.22. The molecule has 20 heavy (non-hydrogen) atoms. The van der Waals surface area contributed by atoms with Crippen molar-refractivity contribution in [2.24, 2.45) is 5.73 Å². The molecule has 0 radical (unpaired) electrons. The van der Waals surface area contributed by atoms with Crippen molar-refractivity contribution in [3.8, 4) is 0 Å². The second-order valence-electron chi connectivity index (χ2n) is 6.64. The lowest BCUT2D eigenvalue weighted by molar-refractivity contribution is 0.637. The van der Waals surface area contributed by atoms with E-state index in [1.54, 1.807) is 0 Å². The molecule has 1 unspecified atom stereocenters. The zero-order chi connectivity index (χ0) is 14.8. The summed E-state index contributed by atoms with van der Waals surface area (Å²) >= 11 is 2.10. The quantitative estimate of drug-likeness (QED) is 0.923. The highest BCUT2D eigenvalue weighted by molar-refractivity contribution is 8.00. The molecule has 0 aromatic heterocycles. The predicted octanol–water partition coefficient (Wildman–Crippen LogP) is 3.61. The van der Waals surface area contributed by atoms with E-state index in [1.807, 2.05) is 0 Å². The van der Waals surface area contributed by atoms with Crippen LogP contribution in [0.3, 0.4) is 0 Å². The highest BCUT2D eigenvalue weighted by atomic mass is 32.2. The molecule has 1 aromatic rings. The summed E-state index contributed by atoms with van der Waals surface area (Å²) in [5, 5.41) is 0. The first-order valence-electron chi connectivity index (χ1n) is 7.61. The Labute approximate surface area is 128 Å². The van der Waals surface area contributed by atoms with Crippen LogP contribution in [0.1, 0.15) is 38.3 Å². The van der Waals surface area contributed by atoms with Gasteiger partial charge in [-0.25, -0.2) is 0 Å². The van der Waals surface area contributed by atoms with Gasteiger partial charge in [0.1, 0.15) is 0 Å². The van der Waals surface area contributed by atoms with Crippen LogP contribution in [-0.4, -0.2) is 29.6 Å². The molecule has 1 atom stereocenters. The maximum absolute atomic E-state index is 5.91. The van der Waals surface area contributed by atoms with E-state index in [1.165, 1.54) is 29.0 Å². The molecule has 1 aliphatic rings. The molecule has 1 aliphatic heterocycles. The standard InChI is InChI=1S/C17H28N2S/c1-13-11-16(6-5-15(13)12-14(2)18)19-8-7-17(3,4)20-10-9-19/h5-6,11,14H,7-10,12,18H2,1-4H3. The van der Waals surface area contributed by atoms with Crippen LogP contribution in [0, 0.1) is 6.92 Å². The van der Waals surface area contributed by atoms with E-state index < -0.39 is 0 Å². The number of nitrogens with zero attached hydrogens (tertiary/aromatic N) is 1. The molecule has 2 N–H and O–H groups in total. The van der Waals surface area contributed by atoms with E-state index in [4.69, 9.17) is 5.73 Å². The van der Waals surface area contributed by atoms with Gasteiger partial charge in [0, 0.05) is 35.3 Å². The maximum Gasteiger partial charge on any atom is 0.0369 e. The van der Waals surface area contributed by atoms with Gasteiger partial charge in [-0.05, 0) is 49.9 Å². The van der Waals surface area contributed by atoms with Gasteiger partial charge < -0.3 is 10.6 Å². The molecule has 0 aliphatic carbocycles. The first-order chi connectivity index (χ1) is 9.37. The molecule has 3 heteroatoms. The summed E-state index contributed by atoms with van der Waals surface area (Å²) < 4.78 is 0.415. The van der Waals surface area contributed by atoms with Gasteiger partial charge in [-0.1, -0.05) is 19.9 Å². The summed E-state index contributed by atoms with van der Waals surface area (Å²) in [5.41, 5.74) is 10.0. The zero-order valence-electron chi connectivity index (χ0n) is 13.3. The van der Waals surface area contributed by atoms with Crippen LogP contribution in [0.5, 0.6) is 0 Å². The molecular weight excluding hydrogens is 264 g/mol. The highest BCUT2D eigenvalue weighted by Gasteiger charge is 2.23. The average molecular weight is 292 g/mol. The number of aryl methyl sites for hydroxylation is 1. The first-order valence-corrected chi connectivity index (χ1v) is 8.60. The third kappa shape index (κ3) is 4.16. The van der Waals surface area contributed by atoms with E-state index in [0.717, 1.165) is 19.5 Å². The molecule has 0 amide bonds. The summed E-state index contributed by atoms with van der Waals surface area (Å²) in [7, 11) is 0. The predicted molar refractivity (Wildman–Crippen MR) is 91.9 cm³/mol. The van der Waals surface area contributed by atoms with Crippen molar-refractivity contribution in [3.63, 3.8) is 0 Å².